The van der Waals surface area contributed by atoms with Crippen molar-refractivity contribution in [3.8, 4) is 16.8 Å². The second-order valence-electron chi connectivity index (χ2n) is 7.56. The summed E-state index contributed by atoms with van der Waals surface area (Å²) in [6, 6.07) is 38.4. The molecule has 30 heavy (non-hydrogen) atoms. The van der Waals surface area contributed by atoms with E-state index in [0.29, 0.717) is 0 Å². The van der Waals surface area contributed by atoms with Crippen molar-refractivity contribution in [1.82, 2.24) is 4.57 Å². The summed E-state index contributed by atoms with van der Waals surface area (Å²) in [6.45, 7) is 0. The van der Waals surface area contributed by atoms with Crippen molar-refractivity contribution in [2.45, 2.75) is 0 Å². The Labute approximate surface area is 179 Å². The number of para-hydroxylation sites is 2. The summed E-state index contributed by atoms with van der Waals surface area (Å²) in [4.78, 5) is 0. The van der Waals surface area contributed by atoms with Gasteiger partial charge in [0.2, 0.25) is 0 Å². The number of fused-ring (bicyclic) bond motifs is 5. The molecule has 1 aromatic heterocycles. The SMILES string of the molecule is Clc1ccc(-c2cc3c4ccccc4n(-c4ccccc4)c3c3ccccc23)cc1. The highest BCUT2D eigenvalue weighted by Gasteiger charge is 2.17. The molecule has 0 fully saturated rings. The zero-order chi connectivity index (χ0) is 20.1. The number of hydrogen-bond acceptors (Lipinski definition) is 0. The molecule has 0 atom stereocenters. The number of halogens is 1. The van der Waals surface area contributed by atoms with Crippen LogP contribution in [0.4, 0.5) is 0 Å². The molecule has 5 aromatic carbocycles. The van der Waals surface area contributed by atoms with E-state index < -0.39 is 0 Å². The minimum absolute atomic E-state index is 0.754. The number of aromatic nitrogens is 1. The molecule has 0 aliphatic rings. The molecular formula is C28H18ClN. The number of hydrogen-bond donors (Lipinski definition) is 0. The van der Waals surface area contributed by atoms with Gasteiger partial charge in [0.1, 0.15) is 0 Å². The van der Waals surface area contributed by atoms with Gasteiger partial charge in [0.25, 0.3) is 0 Å². The fourth-order valence-corrected chi connectivity index (χ4v) is 4.66. The van der Waals surface area contributed by atoms with Crippen LogP contribution in [-0.4, -0.2) is 4.57 Å². The first-order chi connectivity index (χ1) is 14.8. The Hall–Kier alpha value is -3.55. The summed E-state index contributed by atoms with van der Waals surface area (Å²) < 4.78 is 2.39. The summed E-state index contributed by atoms with van der Waals surface area (Å²) in [5, 5.41) is 5.77. The van der Waals surface area contributed by atoms with Gasteiger partial charge in [0.05, 0.1) is 11.0 Å². The van der Waals surface area contributed by atoms with E-state index in [0.717, 1.165) is 5.02 Å². The normalized spacial score (nSPS) is 11.5. The Morgan fingerprint density at radius 3 is 1.93 bits per heavy atom. The van der Waals surface area contributed by atoms with E-state index in [1.165, 1.54) is 49.4 Å². The summed E-state index contributed by atoms with van der Waals surface area (Å²) in [7, 11) is 0. The minimum Gasteiger partial charge on any atom is -0.309 e. The van der Waals surface area contributed by atoms with Crippen molar-refractivity contribution in [1.29, 1.82) is 0 Å². The predicted molar refractivity (Wildman–Crippen MR) is 129 cm³/mol. The Kier molecular flexibility index (Phi) is 3.90. The molecule has 0 N–H and O–H groups in total. The van der Waals surface area contributed by atoms with Crippen LogP contribution in [0.25, 0.3) is 49.4 Å². The van der Waals surface area contributed by atoms with Gasteiger partial charge in [0.15, 0.2) is 0 Å². The average Bonchev–Trinajstić information content (AvgIpc) is 3.14. The maximum absolute atomic E-state index is 6.16. The largest absolute Gasteiger partial charge is 0.309 e. The molecule has 142 valence electrons. The van der Waals surface area contributed by atoms with Crippen LogP contribution in [0.5, 0.6) is 0 Å². The summed E-state index contributed by atoms with van der Waals surface area (Å²) >= 11 is 6.16. The molecule has 0 saturated heterocycles. The van der Waals surface area contributed by atoms with Gasteiger partial charge in [-0.25, -0.2) is 0 Å². The van der Waals surface area contributed by atoms with Crippen LogP contribution in [0, 0.1) is 0 Å². The molecule has 1 nitrogen and oxygen atoms in total. The van der Waals surface area contributed by atoms with Crippen molar-refractivity contribution in [2.24, 2.45) is 0 Å². The molecule has 0 unspecified atom stereocenters. The van der Waals surface area contributed by atoms with Gasteiger partial charge in [-0.2, -0.15) is 0 Å². The van der Waals surface area contributed by atoms with E-state index in [4.69, 9.17) is 11.6 Å². The number of rotatable bonds is 2. The van der Waals surface area contributed by atoms with Crippen LogP contribution in [0.3, 0.4) is 0 Å². The van der Waals surface area contributed by atoms with Crippen LogP contribution in [0.15, 0.2) is 109 Å². The first-order valence-corrected chi connectivity index (χ1v) is 10.5. The molecule has 0 saturated carbocycles. The highest BCUT2D eigenvalue weighted by Crippen LogP contribution is 2.41. The Morgan fingerprint density at radius 1 is 0.533 bits per heavy atom. The maximum Gasteiger partial charge on any atom is 0.0619 e. The van der Waals surface area contributed by atoms with Crippen LogP contribution in [0.1, 0.15) is 0 Å². The zero-order valence-electron chi connectivity index (χ0n) is 16.2. The second kappa shape index (κ2) is 6.76. The topological polar surface area (TPSA) is 4.93 Å². The molecule has 0 amide bonds. The van der Waals surface area contributed by atoms with Crippen LogP contribution >= 0.6 is 11.6 Å². The van der Waals surface area contributed by atoms with Crippen LogP contribution in [-0.2, 0) is 0 Å². The van der Waals surface area contributed by atoms with Crippen molar-refractivity contribution in [3.05, 3.63) is 114 Å². The van der Waals surface area contributed by atoms with Crippen LogP contribution < -0.4 is 0 Å². The van der Waals surface area contributed by atoms with Gasteiger partial charge in [-0.05, 0) is 52.9 Å². The average molecular weight is 404 g/mol. The quantitative estimate of drug-likeness (QED) is 0.274. The van der Waals surface area contributed by atoms with Gasteiger partial charge < -0.3 is 4.57 Å². The first-order valence-electron chi connectivity index (χ1n) is 10.1. The third-order valence-corrected chi connectivity index (χ3v) is 6.10. The van der Waals surface area contributed by atoms with Crippen molar-refractivity contribution in [3.63, 3.8) is 0 Å². The van der Waals surface area contributed by atoms with E-state index in [-0.39, 0.29) is 0 Å². The molecule has 0 bridgehead atoms. The summed E-state index contributed by atoms with van der Waals surface area (Å²) in [5.41, 5.74) is 6.04. The predicted octanol–water partition coefficient (Wildman–Crippen LogP) is 8.26. The molecule has 6 aromatic rings. The Balaban J connectivity index is 1.83. The lowest BCUT2D eigenvalue weighted by molar-refractivity contribution is 1.19. The van der Waals surface area contributed by atoms with Crippen molar-refractivity contribution >= 4 is 44.2 Å². The third-order valence-electron chi connectivity index (χ3n) is 5.84. The summed E-state index contributed by atoms with van der Waals surface area (Å²) in [5.74, 6) is 0. The van der Waals surface area contributed by atoms with Gasteiger partial charge >= 0.3 is 0 Å². The molecular weight excluding hydrogens is 386 g/mol. The van der Waals surface area contributed by atoms with Gasteiger partial charge in [-0.3, -0.25) is 0 Å². The Bertz CT molecular complexity index is 1530. The van der Waals surface area contributed by atoms with Crippen molar-refractivity contribution in [2.75, 3.05) is 0 Å². The summed E-state index contributed by atoms with van der Waals surface area (Å²) in [6.07, 6.45) is 0. The first kappa shape index (κ1) is 17.3. The van der Waals surface area contributed by atoms with Gasteiger partial charge in [-0.1, -0.05) is 84.4 Å². The smallest absolute Gasteiger partial charge is 0.0619 e. The molecule has 0 aliphatic carbocycles. The van der Waals surface area contributed by atoms with Crippen LogP contribution in [0.2, 0.25) is 5.02 Å². The van der Waals surface area contributed by atoms with E-state index in [1.54, 1.807) is 0 Å². The van der Waals surface area contributed by atoms with E-state index >= 15 is 0 Å². The van der Waals surface area contributed by atoms with Gasteiger partial charge in [-0.15, -0.1) is 0 Å². The Morgan fingerprint density at radius 2 is 1.17 bits per heavy atom. The fraction of sp³-hybridized carbons (Fsp3) is 0. The molecule has 0 spiro atoms. The highest BCUT2D eigenvalue weighted by molar-refractivity contribution is 6.30. The molecule has 6 rings (SSSR count). The fourth-order valence-electron chi connectivity index (χ4n) is 4.54. The molecule has 1 heterocycles. The number of nitrogens with zero attached hydrogens (tertiary/aromatic N) is 1. The standard InChI is InChI=1S/C28H18ClN/c29-20-16-14-19(15-17-20)25-18-26-23-11-6-7-13-27(23)30(21-8-2-1-3-9-21)28(26)24-12-5-4-10-22(24)25/h1-18H. The monoisotopic (exact) mass is 403 g/mol. The molecule has 0 aliphatic heterocycles. The maximum atomic E-state index is 6.16. The van der Waals surface area contributed by atoms with Gasteiger partial charge in [0, 0.05) is 26.9 Å². The number of benzene rings is 5. The molecule has 0 radical (unpaired) electrons. The lowest BCUT2D eigenvalue weighted by Crippen LogP contribution is -1.94. The lowest BCUT2D eigenvalue weighted by atomic mass is 9.95. The second-order valence-corrected chi connectivity index (χ2v) is 8.00. The van der Waals surface area contributed by atoms with E-state index in [1.807, 2.05) is 12.1 Å². The van der Waals surface area contributed by atoms with Crippen molar-refractivity contribution < 1.29 is 0 Å². The van der Waals surface area contributed by atoms with E-state index in [2.05, 4.69) is 102 Å². The lowest BCUT2D eigenvalue weighted by Gasteiger charge is -2.13. The highest BCUT2D eigenvalue weighted by atomic mass is 35.5. The minimum atomic E-state index is 0.754. The molecule has 2 heteroatoms. The third kappa shape index (κ3) is 2.56. The zero-order valence-corrected chi connectivity index (χ0v) is 17.0. The van der Waals surface area contributed by atoms with E-state index in [9.17, 15) is 0 Å².